The van der Waals surface area contributed by atoms with E-state index in [0.717, 1.165) is 11.3 Å². The summed E-state index contributed by atoms with van der Waals surface area (Å²) in [6.07, 6.45) is 2.49. The van der Waals surface area contributed by atoms with E-state index < -0.39 is 4.92 Å². The molecular weight excluding hydrogens is 348 g/mol. The van der Waals surface area contributed by atoms with Gasteiger partial charge in [0.2, 0.25) is 0 Å². The second kappa shape index (κ2) is 8.59. The average Bonchev–Trinajstić information content (AvgIpc) is 2.69. The zero-order chi connectivity index (χ0) is 19.2. The molecule has 3 rings (SSSR count). The number of rotatable bonds is 6. The number of aryl methyl sites for hydroxylation is 1. The largest absolute Gasteiger partial charge is 0.379 e. The van der Waals surface area contributed by atoms with Crippen LogP contribution in [-0.2, 0) is 11.2 Å². The smallest absolute Gasteiger partial charge is 0.293 e. The summed E-state index contributed by atoms with van der Waals surface area (Å²) in [5.41, 5.74) is 2.62. The lowest BCUT2D eigenvalue weighted by Gasteiger charge is -2.26. The van der Waals surface area contributed by atoms with E-state index in [1.165, 1.54) is 6.07 Å². The molecule has 1 amide bonds. The van der Waals surface area contributed by atoms with Crippen LogP contribution in [0, 0.1) is 17.0 Å². The Balaban J connectivity index is 1.68. The molecule has 1 fully saturated rings. The average molecular weight is 370 g/mol. The summed E-state index contributed by atoms with van der Waals surface area (Å²) in [5.74, 6) is -0.210. The molecule has 0 unspecified atom stereocenters. The number of nitrogens with zero attached hydrogens (tertiary/aromatic N) is 3. The number of aromatic nitrogens is 1. The van der Waals surface area contributed by atoms with Crippen LogP contribution in [0.1, 0.15) is 21.6 Å². The number of benzene rings is 1. The summed E-state index contributed by atoms with van der Waals surface area (Å²) in [5, 5.41) is 14.5. The van der Waals surface area contributed by atoms with Crippen LogP contribution in [0.2, 0.25) is 0 Å². The van der Waals surface area contributed by atoms with Crippen LogP contribution >= 0.6 is 0 Å². The Hall–Kier alpha value is -3.00. The van der Waals surface area contributed by atoms with Crippen LogP contribution in [0.25, 0.3) is 0 Å². The Labute approximate surface area is 157 Å². The van der Waals surface area contributed by atoms with Gasteiger partial charge in [-0.2, -0.15) is 0 Å². The lowest BCUT2D eigenvalue weighted by Crippen LogP contribution is -2.40. The number of hydrogen-bond donors (Lipinski definition) is 1. The molecule has 1 aromatic carbocycles. The first kappa shape index (κ1) is 18.8. The molecule has 1 N–H and O–H groups in total. The van der Waals surface area contributed by atoms with E-state index >= 15 is 0 Å². The Morgan fingerprint density at radius 1 is 1.30 bits per heavy atom. The molecule has 0 spiro atoms. The van der Waals surface area contributed by atoms with Gasteiger partial charge < -0.3 is 15.0 Å². The minimum atomic E-state index is -0.466. The lowest BCUT2D eigenvalue weighted by atomic mass is 10.1. The van der Waals surface area contributed by atoms with Crippen LogP contribution in [0.3, 0.4) is 0 Å². The van der Waals surface area contributed by atoms with Crippen molar-refractivity contribution in [3.63, 3.8) is 0 Å². The van der Waals surface area contributed by atoms with Crippen LogP contribution in [0.4, 0.5) is 11.4 Å². The fraction of sp³-hybridized carbons (Fsp3) is 0.368. The summed E-state index contributed by atoms with van der Waals surface area (Å²) < 4.78 is 5.24. The molecule has 0 atom stereocenters. The molecular formula is C19H22N4O4. The first-order valence-electron chi connectivity index (χ1n) is 8.85. The predicted octanol–water partition coefficient (Wildman–Crippen LogP) is 2.43. The maximum absolute atomic E-state index is 12.5. The number of hydrogen-bond acceptors (Lipinski definition) is 6. The quantitative estimate of drug-likeness (QED) is 0.619. The number of carbonyl (C=O) groups is 1. The fourth-order valence-corrected chi connectivity index (χ4v) is 2.90. The molecule has 1 aliphatic heterocycles. The third-order valence-corrected chi connectivity index (χ3v) is 4.44. The number of morpholine rings is 1. The molecule has 8 heteroatoms. The number of carbonyl (C=O) groups excluding carboxylic acids is 1. The van der Waals surface area contributed by atoms with Crippen molar-refractivity contribution in [2.45, 2.75) is 13.3 Å². The molecule has 0 radical (unpaired) electrons. The molecule has 1 aliphatic rings. The number of ether oxygens (including phenoxy) is 1. The van der Waals surface area contributed by atoms with Crippen LogP contribution in [0.5, 0.6) is 0 Å². The zero-order valence-corrected chi connectivity index (χ0v) is 15.2. The Bertz CT molecular complexity index is 817. The van der Waals surface area contributed by atoms with E-state index in [4.69, 9.17) is 4.74 Å². The van der Waals surface area contributed by atoms with Crippen LogP contribution in [-0.4, -0.2) is 53.6 Å². The first-order valence-corrected chi connectivity index (χ1v) is 8.85. The zero-order valence-electron chi connectivity index (χ0n) is 15.2. The Kier molecular flexibility index (Phi) is 5.97. The van der Waals surface area contributed by atoms with Crippen molar-refractivity contribution in [3.8, 4) is 0 Å². The second-order valence-electron chi connectivity index (χ2n) is 6.38. The number of amides is 1. The lowest BCUT2D eigenvalue weighted by molar-refractivity contribution is -0.384. The highest BCUT2D eigenvalue weighted by atomic mass is 16.6. The van der Waals surface area contributed by atoms with E-state index in [-0.39, 0.29) is 11.6 Å². The maximum atomic E-state index is 12.5. The second-order valence-corrected chi connectivity index (χ2v) is 6.38. The third-order valence-electron chi connectivity index (χ3n) is 4.44. The van der Waals surface area contributed by atoms with Crippen molar-refractivity contribution < 1.29 is 14.5 Å². The van der Waals surface area contributed by atoms with Gasteiger partial charge in [-0.15, -0.1) is 0 Å². The summed E-state index contributed by atoms with van der Waals surface area (Å²) in [6, 6.07) is 8.49. The molecule has 1 saturated heterocycles. The molecule has 1 aromatic heterocycles. The van der Waals surface area contributed by atoms with Gasteiger partial charge in [0.15, 0.2) is 0 Å². The Morgan fingerprint density at radius 2 is 2.07 bits per heavy atom. The van der Waals surface area contributed by atoms with Crippen LogP contribution < -0.4 is 5.32 Å². The monoisotopic (exact) mass is 370 g/mol. The highest BCUT2D eigenvalue weighted by Crippen LogP contribution is 2.26. The minimum Gasteiger partial charge on any atom is -0.379 e. The molecule has 2 heterocycles. The van der Waals surface area contributed by atoms with Crippen molar-refractivity contribution in [1.29, 1.82) is 0 Å². The summed E-state index contributed by atoms with van der Waals surface area (Å²) in [4.78, 5) is 29.4. The van der Waals surface area contributed by atoms with Gasteiger partial charge in [-0.25, -0.2) is 0 Å². The van der Waals surface area contributed by atoms with Crippen molar-refractivity contribution >= 4 is 17.3 Å². The van der Waals surface area contributed by atoms with E-state index in [1.807, 2.05) is 19.1 Å². The van der Waals surface area contributed by atoms with E-state index in [0.29, 0.717) is 50.5 Å². The normalized spacial score (nSPS) is 14.0. The van der Waals surface area contributed by atoms with E-state index in [1.54, 1.807) is 23.2 Å². The van der Waals surface area contributed by atoms with E-state index in [9.17, 15) is 14.9 Å². The van der Waals surface area contributed by atoms with Crippen molar-refractivity contribution in [3.05, 3.63) is 63.5 Å². The third kappa shape index (κ3) is 4.79. The SMILES string of the molecule is Cc1ccc(CCNc2ccc(C(=O)N3CCOCC3)cc2[N+](=O)[O-])cn1. The molecule has 2 aromatic rings. The van der Waals surface area contributed by atoms with Crippen molar-refractivity contribution in [2.75, 3.05) is 38.2 Å². The predicted molar refractivity (Wildman–Crippen MR) is 101 cm³/mol. The molecule has 0 aliphatic carbocycles. The number of nitro benzene ring substituents is 1. The van der Waals surface area contributed by atoms with Crippen LogP contribution in [0.15, 0.2) is 36.5 Å². The van der Waals surface area contributed by atoms with E-state index in [2.05, 4.69) is 10.3 Å². The van der Waals surface area contributed by atoms with Gasteiger partial charge in [0, 0.05) is 43.2 Å². The molecule has 8 nitrogen and oxygen atoms in total. The molecule has 27 heavy (non-hydrogen) atoms. The maximum Gasteiger partial charge on any atom is 0.293 e. The highest BCUT2D eigenvalue weighted by Gasteiger charge is 2.22. The van der Waals surface area contributed by atoms with Gasteiger partial charge in [0.1, 0.15) is 5.69 Å². The van der Waals surface area contributed by atoms with Gasteiger partial charge in [-0.1, -0.05) is 6.07 Å². The summed E-state index contributed by atoms with van der Waals surface area (Å²) in [7, 11) is 0. The van der Waals surface area contributed by atoms with Gasteiger partial charge in [-0.05, 0) is 37.1 Å². The number of anilines is 1. The first-order chi connectivity index (χ1) is 13.0. The summed E-state index contributed by atoms with van der Waals surface area (Å²) >= 11 is 0. The Morgan fingerprint density at radius 3 is 2.74 bits per heavy atom. The summed E-state index contributed by atoms with van der Waals surface area (Å²) in [6.45, 7) is 4.42. The van der Waals surface area contributed by atoms with Gasteiger partial charge >= 0.3 is 0 Å². The van der Waals surface area contributed by atoms with Crippen molar-refractivity contribution in [2.24, 2.45) is 0 Å². The van der Waals surface area contributed by atoms with Gasteiger partial charge in [0.05, 0.1) is 18.1 Å². The molecule has 0 saturated carbocycles. The fourth-order valence-electron chi connectivity index (χ4n) is 2.90. The molecule has 0 bridgehead atoms. The number of pyridine rings is 1. The molecule has 142 valence electrons. The van der Waals surface area contributed by atoms with Crippen molar-refractivity contribution in [1.82, 2.24) is 9.88 Å². The topological polar surface area (TPSA) is 97.6 Å². The standard InChI is InChI=1S/C19H22N4O4/c1-14-2-3-15(13-21-14)6-7-20-17-5-4-16(12-18(17)23(25)26)19(24)22-8-10-27-11-9-22/h2-5,12-13,20H,6-11H2,1H3. The van der Waals surface area contributed by atoms with Gasteiger partial charge in [-0.3, -0.25) is 19.9 Å². The minimum absolute atomic E-state index is 0.101. The highest BCUT2D eigenvalue weighted by molar-refractivity contribution is 5.95. The van der Waals surface area contributed by atoms with Gasteiger partial charge in [0.25, 0.3) is 11.6 Å². The number of nitro groups is 1. The number of nitrogens with one attached hydrogen (secondary N) is 1.